The van der Waals surface area contributed by atoms with Crippen molar-refractivity contribution in [2.45, 2.75) is 206 Å². The Morgan fingerprint density at radius 1 is 0.890 bits per heavy atom. The average Bonchev–Trinajstić information content (AvgIpc) is 3.26. The van der Waals surface area contributed by atoms with Crippen LogP contribution >= 0.6 is 0 Å². The number of allylic oxidation sites excluding steroid dienone is 1. The number of methoxy groups -OCH3 is 3. The third-order valence-electron chi connectivity index (χ3n) is 16.4. The lowest BCUT2D eigenvalue weighted by atomic mass is 9.42. The fourth-order valence-corrected chi connectivity index (χ4v) is 18.7. The van der Waals surface area contributed by atoms with Gasteiger partial charge in [0.1, 0.15) is 52.7 Å². The maximum Gasteiger partial charge on any atom is 0.508 e. The van der Waals surface area contributed by atoms with Crippen molar-refractivity contribution >= 4 is 38.5 Å². The highest BCUT2D eigenvalue weighted by molar-refractivity contribution is 6.77. The summed E-state index contributed by atoms with van der Waals surface area (Å²) in [5, 5.41) is 17.2. The number of hydrogen-bond acceptors (Lipinski definition) is 17. The number of esters is 3. The van der Waals surface area contributed by atoms with E-state index in [2.05, 4.69) is 46.9 Å². The van der Waals surface area contributed by atoms with Crippen LogP contribution in [0.25, 0.3) is 0 Å². The van der Waals surface area contributed by atoms with E-state index in [0.29, 0.717) is 16.9 Å². The van der Waals surface area contributed by atoms with E-state index >= 15 is 9.59 Å². The number of amides is 1. The second kappa shape index (κ2) is 20.8. The number of aliphatic hydroxyl groups is 1. The van der Waals surface area contributed by atoms with Crippen molar-refractivity contribution < 1.29 is 80.9 Å². The molecule has 12 atom stereocenters. The molecule has 1 aromatic carbocycles. The van der Waals surface area contributed by atoms with Crippen molar-refractivity contribution in [2.24, 2.45) is 16.7 Å². The number of fused-ring (bicyclic) bond motifs is 4. The normalized spacial score (nSPS) is 30.9. The lowest BCUT2D eigenvalue weighted by Gasteiger charge is -2.74. The maximum absolute atomic E-state index is 15.7. The monoisotopic (exact) mass is 1040 g/mol. The van der Waals surface area contributed by atoms with Crippen molar-refractivity contribution in [1.29, 1.82) is 0 Å². The molecule has 0 aromatic heterocycles. The van der Waals surface area contributed by atoms with Gasteiger partial charge in [-0.2, -0.15) is 0 Å². The lowest BCUT2D eigenvalue weighted by molar-refractivity contribution is -0.416. The second-order valence-corrected chi connectivity index (χ2v) is 28.8. The van der Waals surface area contributed by atoms with Crippen LogP contribution in [0.3, 0.4) is 0 Å². The van der Waals surface area contributed by atoms with E-state index in [1.807, 2.05) is 20.8 Å². The summed E-state index contributed by atoms with van der Waals surface area (Å²) in [6, 6.07) is 3.53. The van der Waals surface area contributed by atoms with Crippen molar-refractivity contribution in [3.05, 3.63) is 46.6 Å². The van der Waals surface area contributed by atoms with E-state index in [1.54, 1.807) is 59.8 Å². The SMILES string of the molecule is COC(=O)O[C@@H]1C2=C(C)[C@@H](OC(=O)[C@H](O[Si](C(C)C)(C(C)C)C(C)C)[C@H](C=C(C)C)NC(=O)OC(C)(C)C)C[C@@](O)([C@@H](OC(=O)c3cc(OC)ccc3OC)[C@@H]3[C@]4(OC(C)=O)CO[C@@H]4C[C@H]4O[C@@H]1[C@@]34C)C2(C)C. The molecule has 1 aromatic rings. The Morgan fingerprint density at radius 3 is 2.03 bits per heavy atom. The molecule has 0 radical (unpaired) electrons. The van der Waals surface area contributed by atoms with Gasteiger partial charge in [0.05, 0.1) is 46.0 Å². The van der Waals surface area contributed by atoms with Crippen LogP contribution < -0.4 is 14.8 Å². The van der Waals surface area contributed by atoms with Crippen LogP contribution in [-0.2, 0) is 51.9 Å². The molecule has 0 spiro atoms. The summed E-state index contributed by atoms with van der Waals surface area (Å²) in [7, 11) is 1.03. The Labute approximate surface area is 431 Å². The highest BCUT2D eigenvalue weighted by Crippen LogP contribution is 2.69. The van der Waals surface area contributed by atoms with Gasteiger partial charge in [-0.3, -0.25) is 4.79 Å². The molecule has 2 bridgehead atoms. The number of ether oxygens (including phenoxy) is 10. The van der Waals surface area contributed by atoms with Gasteiger partial charge in [0, 0.05) is 30.6 Å². The molecular weight excluding hydrogens is 963 g/mol. The molecule has 2 saturated heterocycles. The third-order valence-corrected chi connectivity index (χ3v) is 22.5. The molecule has 4 fully saturated rings. The number of alkyl carbamates (subject to hydrolysis) is 1. The highest BCUT2D eigenvalue weighted by Gasteiger charge is 2.82. The number of nitrogens with one attached hydrogen (secondary N) is 1. The molecule has 6 rings (SSSR count). The largest absolute Gasteiger partial charge is 0.508 e. The first-order valence-electron chi connectivity index (χ1n) is 25.4. The minimum Gasteiger partial charge on any atom is -0.497 e. The van der Waals surface area contributed by atoms with Gasteiger partial charge < -0.3 is 62.2 Å². The molecule has 1 amide bonds. The minimum absolute atomic E-state index is 0.0156. The second-order valence-electron chi connectivity index (χ2n) is 23.4. The van der Waals surface area contributed by atoms with E-state index in [0.717, 1.165) is 5.57 Å². The smallest absolute Gasteiger partial charge is 0.497 e. The van der Waals surface area contributed by atoms with Gasteiger partial charge in [-0.15, -0.1) is 0 Å². The Hall–Kier alpha value is -4.69. The predicted octanol–water partition coefficient (Wildman–Crippen LogP) is 8.70. The summed E-state index contributed by atoms with van der Waals surface area (Å²) in [5.74, 6) is -3.06. The molecule has 19 heteroatoms. The highest BCUT2D eigenvalue weighted by atomic mass is 28.4. The molecule has 18 nitrogen and oxygen atoms in total. The number of carbonyl (C=O) groups excluding carboxylic acids is 5. The van der Waals surface area contributed by atoms with Gasteiger partial charge in [-0.05, 0) is 87.5 Å². The summed E-state index contributed by atoms with van der Waals surface area (Å²) in [6.45, 7) is 29.5. The fraction of sp³-hybridized carbons (Fsp3) is 0.722. The van der Waals surface area contributed by atoms with E-state index in [9.17, 15) is 19.5 Å². The van der Waals surface area contributed by atoms with Crippen molar-refractivity contribution in [3.63, 3.8) is 0 Å². The first-order valence-corrected chi connectivity index (χ1v) is 27.6. The summed E-state index contributed by atoms with van der Waals surface area (Å²) in [6.07, 6.45) is -8.38. The minimum atomic E-state index is -3.00. The molecule has 2 heterocycles. The summed E-state index contributed by atoms with van der Waals surface area (Å²) in [4.78, 5) is 71.4. The average molecular weight is 1040 g/mol. The van der Waals surface area contributed by atoms with Crippen molar-refractivity contribution in [3.8, 4) is 11.5 Å². The van der Waals surface area contributed by atoms with Crippen LogP contribution in [0.2, 0.25) is 16.6 Å². The fourth-order valence-electron chi connectivity index (χ4n) is 13.2. The van der Waals surface area contributed by atoms with Gasteiger partial charge in [-0.1, -0.05) is 74.0 Å². The number of rotatable bonds is 16. The molecule has 0 unspecified atom stereocenters. The molecule has 2 aliphatic heterocycles. The van der Waals surface area contributed by atoms with Crippen LogP contribution in [0.4, 0.5) is 9.59 Å². The van der Waals surface area contributed by atoms with Crippen LogP contribution in [0, 0.1) is 16.7 Å². The summed E-state index contributed by atoms with van der Waals surface area (Å²) < 4.78 is 68.5. The zero-order valence-electron chi connectivity index (χ0n) is 46.3. The molecule has 73 heavy (non-hydrogen) atoms. The third kappa shape index (κ3) is 10.0. The lowest BCUT2D eigenvalue weighted by Crippen LogP contribution is -2.86. The van der Waals surface area contributed by atoms with Gasteiger partial charge in [0.2, 0.25) is 8.32 Å². The Morgan fingerprint density at radius 2 is 1.52 bits per heavy atom. The van der Waals surface area contributed by atoms with E-state index in [1.165, 1.54) is 34.3 Å². The first-order chi connectivity index (χ1) is 33.8. The number of benzene rings is 1. The maximum atomic E-state index is 15.7. The number of carbonyl (C=O) groups is 5. The van der Waals surface area contributed by atoms with E-state index in [-0.39, 0.29) is 41.0 Å². The molecule has 408 valence electrons. The molecular formula is C54H81NO17Si. The Bertz CT molecular complexity index is 2330. The van der Waals surface area contributed by atoms with E-state index in [4.69, 9.17) is 51.8 Å². The van der Waals surface area contributed by atoms with Crippen LogP contribution in [0.5, 0.6) is 11.5 Å². The van der Waals surface area contributed by atoms with Crippen molar-refractivity contribution in [2.75, 3.05) is 27.9 Å². The standard InChI is InChI=1S/C54H81NO17Si/c1-27(2)22-35(55-48(59)71-50(11,12)13)41(72-73(28(3)4,29(5)6)30(7)8)47(58)66-37-25-54(61)45(69-46(57)34-23-33(62-17)20-21-36(34)63-18)43-52(16)38(24-39-53(43,26-65-39)70-32(10)56)67-44(52)42(68-49(60)64-19)40(31(37)9)51(54,14)15/h20-23,28-30,35,37-39,41-45,61H,24-26H2,1-19H3,(H,55,59)/t35-,37-,38+,39+,41+,42+,43-,44-,45-,52+,53-,54+/m0/s1. The van der Waals surface area contributed by atoms with Crippen LogP contribution in [0.15, 0.2) is 41.0 Å². The predicted molar refractivity (Wildman–Crippen MR) is 270 cm³/mol. The first kappa shape index (κ1) is 57.6. The molecule has 2 saturated carbocycles. The van der Waals surface area contributed by atoms with Crippen LogP contribution in [-0.4, -0.2) is 137 Å². The molecule has 5 aliphatic rings. The van der Waals surface area contributed by atoms with E-state index < -0.39 is 127 Å². The zero-order valence-corrected chi connectivity index (χ0v) is 47.3. The summed E-state index contributed by atoms with van der Waals surface area (Å²) in [5.41, 5.74) is -5.92. The quantitative estimate of drug-likeness (QED) is 0.0684. The number of hydrogen-bond donors (Lipinski definition) is 2. The topological polar surface area (TPSA) is 219 Å². The summed E-state index contributed by atoms with van der Waals surface area (Å²) >= 11 is 0. The Balaban J connectivity index is 1.62. The molecule has 3 aliphatic carbocycles. The van der Waals surface area contributed by atoms with Crippen LogP contribution in [0.1, 0.15) is 134 Å². The Kier molecular flexibility index (Phi) is 16.4. The van der Waals surface area contributed by atoms with Gasteiger partial charge in [0.25, 0.3) is 0 Å². The van der Waals surface area contributed by atoms with Gasteiger partial charge >= 0.3 is 30.2 Å². The molecule has 2 N–H and O–H groups in total. The van der Waals surface area contributed by atoms with Crippen molar-refractivity contribution in [1.82, 2.24) is 5.32 Å². The van der Waals surface area contributed by atoms with Gasteiger partial charge in [-0.25, -0.2) is 19.2 Å². The van der Waals surface area contributed by atoms with Gasteiger partial charge in [0.15, 0.2) is 17.8 Å². The zero-order chi connectivity index (χ0) is 54.7.